The molecule has 7 heteroatoms. The highest BCUT2D eigenvalue weighted by atomic mass is 16.5. The van der Waals surface area contributed by atoms with Crippen molar-refractivity contribution in [1.29, 1.82) is 0 Å². The lowest BCUT2D eigenvalue weighted by molar-refractivity contribution is -0.134. The minimum Gasteiger partial charge on any atom is -0.479 e. The number of amides is 1. The Balaban J connectivity index is 1.48. The summed E-state index contributed by atoms with van der Waals surface area (Å²) in [6.07, 6.45) is 0.0745. The van der Waals surface area contributed by atoms with Crippen molar-refractivity contribution in [3.05, 3.63) is 64.5 Å². The van der Waals surface area contributed by atoms with Crippen molar-refractivity contribution in [2.24, 2.45) is 0 Å². The van der Waals surface area contributed by atoms with Gasteiger partial charge in [0.15, 0.2) is 6.10 Å². The molecule has 30 heavy (non-hydrogen) atoms. The molecule has 7 nitrogen and oxygen atoms in total. The van der Waals surface area contributed by atoms with Gasteiger partial charge in [-0.2, -0.15) is 0 Å². The van der Waals surface area contributed by atoms with Crippen molar-refractivity contribution >= 4 is 28.5 Å². The first-order chi connectivity index (χ1) is 14.5. The van der Waals surface area contributed by atoms with Crippen LogP contribution in [-0.4, -0.2) is 24.5 Å². The Morgan fingerprint density at radius 1 is 1.13 bits per heavy atom. The summed E-state index contributed by atoms with van der Waals surface area (Å²) in [6, 6.07) is 13.6. The molecule has 3 aromatic rings. The second-order valence-corrected chi connectivity index (χ2v) is 7.04. The van der Waals surface area contributed by atoms with Gasteiger partial charge in [-0.15, -0.1) is 0 Å². The van der Waals surface area contributed by atoms with Gasteiger partial charge in [-0.1, -0.05) is 19.1 Å². The highest BCUT2D eigenvalue weighted by molar-refractivity contribution is 6.00. The number of benzene rings is 2. The molecule has 0 aliphatic carbocycles. The number of carbonyl (C=O) groups excluding carboxylic acids is 2. The molecule has 0 radical (unpaired) electrons. The Hall–Kier alpha value is -3.61. The largest absolute Gasteiger partial charge is 0.479 e. The van der Waals surface area contributed by atoms with Gasteiger partial charge in [-0.05, 0) is 43.2 Å². The van der Waals surface area contributed by atoms with Crippen LogP contribution in [0, 0.1) is 0 Å². The van der Waals surface area contributed by atoms with E-state index in [0.29, 0.717) is 23.4 Å². The molecular formula is C23H21NO6. The van der Waals surface area contributed by atoms with E-state index in [1.165, 1.54) is 17.0 Å². The molecular weight excluding hydrogens is 386 g/mol. The molecule has 2 heterocycles. The number of carbonyl (C=O) groups is 2. The maximum Gasteiger partial charge on any atom is 0.336 e. The van der Waals surface area contributed by atoms with Gasteiger partial charge in [-0.3, -0.25) is 9.59 Å². The normalized spacial score (nSPS) is 15.6. The lowest BCUT2D eigenvalue weighted by Gasteiger charge is -2.32. The average molecular weight is 407 g/mol. The zero-order valence-corrected chi connectivity index (χ0v) is 16.7. The van der Waals surface area contributed by atoms with Crippen LogP contribution in [0.4, 0.5) is 5.69 Å². The number of para-hydroxylation sites is 2. The van der Waals surface area contributed by atoms with Gasteiger partial charge in [0.05, 0.1) is 12.1 Å². The summed E-state index contributed by atoms with van der Waals surface area (Å²) in [4.78, 5) is 38.2. The number of rotatable bonds is 5. The number of hydrogen-bond acceptors (Lipinski definition) is 6. The third kappa shape index (κ3) is 3.78. The lowest BCUT2D eigenvalue weighted by atomic mass is 10.1. The number of anilines is 1. The van der Waals surface area contributed by atoms with E-state index in [-0.39, 0.29) is 24.6 Å². The molecule has 0 saturated carbocycles. The fourth-order valence-electron chi connectivity index (χ4n) is 3.54. The maximum absolute atomic E-state index is 12.5. The molecule has 0 spiro atoms. The van der Waals surface area contributed by atoms with Crippen LogP contribution >= 0.6 is 0 Å². The van der Waals surface area contributed by atoms with Gasteiger partial charge in [0, 0.05) is 24.1 Å². The third-order valence-electron chi connectivity index (χ3n) is 5.03. The fourth-order valence-corrected chi connectivity index (χ4v) is 3.54. The molecule has 0 N–H and O–H groups in total. The highest BCUT2D eigenvalue weighted by Crippen LogP contribution is 2.33. The zero-order valence-electron chi connectivity index (χ0n) is 16.7. The first kappa shape index (κ1) is 19.7. The van der Waals surface area contributed by atoms with E-state index >= 15 is 0 Å². The van der Waals surface area contributed by atoms with Gasteiger partial charge >= 0.3 is 11.6 Å². The monoisotopic (exact) mass is 407 g/mol. The van der Waals surface area contributed by atoms with E-state index in [4.69, 9.17) is 13.9 Å². The Morgan fingerprint density at radius 3 is 2.73 bits per heavy atom. The molecule has 0 saturated heterocycles. The number of nitrogens with zero attached hydrogens (tertiary/aromatic N) is 1. The molecule has 154 valence electrons. The molecule has 1 amide bonds. The standard InChI is InChI=1S/C23H21NO6/c1-3-15-12-22(26)30-20-13-16(8-9-17(15)20)29-21(25)10-11-24-18-6-4-5-7-19(18)28-14(2)23(24)27/h4-9,12-14H,3,10-11H2,1-2H3. The van der Waals surface area contributed by atoms with Gasteiger partial charge in [0.25, 0.3) is 5.91 Å². The van der Waals surface area contributed by atoms with Crippen molar-refractivity contribution in [1.82, 2.24) is 0 Å². The van der Waals surface area contributed by atoms with Crippen molar-refractivity contribution in [3.63, 3.8) is 0 Å². The molecule has 1 aliphatic heterocycles. The van der Waals surface area contributed by atoms with Gasteiger partial charge in [0.2, 0.25) is 0 Å². The SMILES string of the molecule is CCc1cc(=O)oc2cc(OC(=O)CCN3C(=O)C(C)Oc4ccccc43)ccc12. The average Bonchev–Trinajstić information content (AvgIpc) is 2.73. The van der Waals surface area contributed by atoms with Crippen LogP contribution in [0.15, 0.2) is 57.7 Å². The van der Waals surface area contributed by atoms with Crippen molar-refractivity contribution < 1.29 is 23.5 Å². The smallest absolute Gasteiger partial charge is 0.336 e. The van der Waals surface area contributed by atoms with E-state index < -0.39 is 17.7 Å². The summed E-state index contributed by atoms with van der Waals surface area (Å²) in [5.74, 6) is 0.189. The Kier molecular flexibility index (Phi) is 5.27. The van der Waals surface area contributed by atoms with Crippen LogP contribution in [0.25, 0.3) is 11.0 Å². The zero-order chi connectivity index (χ0) is 21.3. The molecule has 0 fully saturated rings. The van der Waals surface area contributed by atoms with E-state index in [1.807, 2.05) is 19.1 Å². The Labute approximate surface area is 172 Å². The molecule has 0 bridgehead atoms. The minimum absolute atomic E-state index is 0.00375. The summed E-state index contributed by atoms with van der Waals surface area (Å²) < 4.78 is 16.2. The summed E-state index contributed by atoms with van der Waals surface area (Å²) in [7, 11) is 0. The number of aryl methyl sites for hydroxylation is 1. The quantitative estimate of drug-likeness (QED) is 0.366. The van der Waals surface area contributed by atoms with E-state index in [0.717, 1.165) is 10.9 Å². The first-order valence-electron chi connectivity index (χ1n) is 9.81. The minimum atomic E-state index is -0.618. The van der Waals surface area contributed by atoms with E-state index in [2.05, 4.69) is 0 Å². The lowest BCUT2D eigenvalue weighted by Crippen LogP contribution is -2.45. The van der Waals surface area contributed by atoms with E-state index in [9.17, 15) is 14.4 Å². The first-order valence-corrected chi connectivity index (χ1v) is 9.81. The molecule has 1 aromatic heterocycles. The number of fused-ring (bicyclic) bond motifs is 2. The summed E-state index contributed by atoms with van der Waals surface area (Å²) in [5.41, 5.74) is 1.43. The summed E-state index contributed by atoms with van der Waals surface area (Å²) in [5, 5.41) is 0.807. The third-order valence-corrected chi connectivity index (χ3v) is 5.03. The predicted molar refractivity (Wildman–Crippen MR) is 111 cm³/mol. The van der Waals surface area contributed by atoms with Gasteiger partial charge in [-0.25, -0.2) is 4.79 Å². The Bertz CT molecular complexity index is 1180. The van der Waals surface area contributed by atoms with Crippen LogP contribution in [0.5, 0.6) is 11.5 Å². The molecule has 1 aliphatic rings. The molecule has 1 unspecified atom stereocenters. The van der Waals surface area contributed by atoms with Gasteiger partial charge in [0.1, 0.15) is 17.1 Å². The summed E-state index contributed by atoms with van der Waals surface area (Å²) in [6.45, 7) is 3.80. The van der Waals surface area contributed by atoms with Crippen molar-refractivity contribution in [2.45, 2.75) is 32.8 Å². The van der Waals surface area contributed by atoms with Crippen molar-refractivity contribution in [3.8, 4) is 11.5 Å². The van der Waals surface area contributed by atoms with Crippen LogP contribution < -0.4 is 20.0 Å². The van der Waals surface area contributed by atoms with Crippen molar-refractivity contribution in [2.75, 3.05) is 11.4 Å². The highest BCUT2D eigenvalue weighted by Gasteiger charge is 2.31. The second kappa shape index (κ2) is 8.02. The van der Waals surface area contributed by atoms with E-state index in [1.54, 1.807) is 31.2 Å². The fraction of sp³-hybridized carbons (Fsp3) is 0.261. The Morgan fingerprint density at radius 2 is 1.93 bits per heavy atom. The van der Waals surface area contributed by atoms with Gasteiger partial charge < -0.3 is 18.8 Å². The van der Waals surface area contributed by atoms with Crippen LogP contribution in [0.1, 0.15) is 25.8 Å². The predicted octanol–water partition coefficient (Wildman–Crippen LogP) is 3.47. The van der Waals surface area contributed by atoms with Crippen LogP contribution in [-0.2, 0) is 16.0 Å². The topological polar surface area (TPSA) is 86.0 Å². The van der Waals surface area contributed by atoms with Crippen LogP contribution in [0.2, 0.25) is 0 Å². The molecule has 1 atom stereocenters. The van der Waals surface area contributed by atoms with Crippen LogP contribution in [0.3, 0.4) is 0 Å². The maximum atomic E-state index is 12.5. The molecule has 2 aromatic carbocycles. The number of esters is 1. The number of hydrogen-bond donors (Lipinski definition) is 0. The molecule has 4 rings (SSSR count). The number of ether oxygens (including phenoxy) is 2. The second-order valence-electron chi connectivity index (χ2n) is 7.04. The summed E-state index contributed by atoms with van der Waals surface area (Å²) >= 11 is 0.